The molecule has 3 atom stereocenters. The van der Waals surface area contributed by atoms with E-state index >= 15 is 0 Å². The standard InChI is InChI=1S/C13H23NO/c1-11-5-6-12(8-11)9-14-10-13-4-2-3-7-15-13/h3,7,11-14H,2,4-6,8-10H2,1H3. The summed E-state index contributed by atoms with van der Waals surface area (Å²) in [6.07, 6.45) is 11.0. The summed E-state index contributed by atoms with van der Waals surface area (Å²) in [5.41, 5.74) is 0. The monoisotopic (exact) mass is 209 g/mol. The van der Waals surface area contributed by atoms with Crippen LogP contribution < -0.4 is 5.32 Å². The molecule has 2 aliphatic rings. The molecule has 1 aliphatic carbocycles. The summed E-state index contributed by atoms with van der Waals surface area (Å²) >= 11 is 0. The fourth-order valence-corrected chi connectivity index (χ4v) is 2.69. The van der Waals surface area contributed by atoms with Gasteiger partial charge in [-0.05, 0) is 50.1 Å². The number of hydrogen-bond donors (Lipinski definition) is 1. The number of nitrogens with one attached hydrogen (secondary N) is 1. The maximum atomic E-state index is 5.52. The van der Waals surface area contributed by atoms with Crippen molar-refractivity contribution in [2.24, 2.45) is 11.8 Å². The van der Waals surface area contributed by atoms with E-state index in [1.54, 1.807) is 0 Å². The molecule has 0 bridgehead atoms. The van der Waals surface area contributed by atoms with E-state index in [-0.39, 0.29) is 0 Å². The Morgan fingerprint density at radius 1 is 1.27 bits per heavy atom. The quantitative estimate of drug-likeness (QED) is 0.768. The first-order valence-electron chi connectivity index (χ1n) is 6.36. The molecule has 2 nitrogen and oxygen atoms in total. The maximum absolute atomic E-state index is 5.52. The van der Waals surface area contributed by atoms with Gasteiger partial charge in [-0.15, -0.1) is 0 Å². The highest BCUT2D eigenvalue weighted by Crippen LogP contribution is 2.29. The molecule has 3 unspecified atom stereocenters. The molecule has 15 heavy (non-hydrogen) atoms. The Morgan fingerprint density at radius 2 is 2.20 bits per heavy atom. The lowest BCUT2D eigenvalue weighted by atomic mass is 10.1. The normalized spacial score (nSPS) is 35.4. The van der Waals surface area contributed by atoms with Crippen LogP contribution in [0.3, 0.4) is 0 Å². The van der Waals surface area contributed by atoms with E-state index in [1.807, 2.05) is 6.26 Å². The lowest BCUT2D eigenvalue weighted by Gasteiger charge is -2.20. The molecule has 0 spiro atoms. The predicted octanol–water partition coefficient (Wildman–Crippen LogP) is 2.70. The molecule has 1 N–H and O–H groups in total. The zero-order valence-electron chi connectivity index (χ0n) is 9.74. The smallest absolute Gasteiger partial charge is 0.110 e. The van der Waals surface area contributed by atoms with Gasteiger partial charge in [-0.25, -0.2) is 0 Å². The minimum absolute atomic E-state index is 0.411. The molecule has 0 aromatic heterocycles. The zero-order chi connectivity index (χ0) is 10.5. The highest BCUT2D eigenvalue weighted by molar-refractivity contribution is 4.83. The van der Waals surface area contributed by atoms with Crippen LogP contribution in [0.1, 0.15) is 39.0 Å². The Labute approximate surface area is 93.1 Å². The van der Waals surface area contributed by atoms with Crippen molar-refractivity contribution in [3.8, 4) is 0 Å². The molecule has 0 aromatic carbocycles. The molecular weight excluding hydrogens is 186 g/mol. The van der Waals surface area contributed by atoms with Gasteiger partial charge in [0.15, 0.2) is 0 Å². The van der Waals surface area contributed by atoms with Crippen LogP contribution in [-0.2, 0) is 4.74 Å². The van der Waals surface area contributed by atoms with Crippen LogP contribution in [0.4, 0.5) is 0 Å². The van der Waals surface area contributed by atoms with Crippen molar-refractivity contribution >= 4 is 0 Å². The lowest BCUT2D eigenvalue weighted by molar-refractivity contribution is 0.121. The highest BCUT2D eigenvalue weighted by Gasteiger charge is 2.21. The topological polar surface area (TPSA) is 21.3 Å². The van der Waals surface area contributed by atoms with Gasteiger partial charge in [-0.1, -0.05) is 13.3 Å². The molecule has 2 rings (SSSR count). The zero-order valence-corrected chi connectivity index (χ0v) is 9.74. The first kappa shape index (κ1) is 11.0. The van der Waals surface area contributed by atoms with Gasteiger partial charge in [0.25, 0.3) is 0 Å². The number of ether oxygens (including phenoxy) is 1. The number of rotatable bonds is 4. The van der Waals surface area contributed by atoms with Gasteiger partial charge in [-0.2, -0.15) is 0 Å². The molecule has 2 heteroatoms. The summed E-state index contributed by atoms with van der Waals surface area (Å²) in [6.45, 7) is 4.58. The van der Waals surface area contributed by atoms with E-state index in [1.165, 1.54) is 38.6 Å². The van der Waals surface area contributed by atoms with Crippen LogP contribution >= 0.6 is 0 Å². The van der Waals surface area contributed by atoms with Gasteiger partial charge >= 0.3 is 0 Å². The third kappa shape index (κ3) is 3.53. The Kier molecular flexibility index (Phi) is 4.07. The van der Waals surface area contributed by atoms with Crippen LogP contribution in [0.25, 0.3) is 0 Å². The Morgan fingerprint density at radius 3 is 2.87 bits per heavy atom. The average molecular weight is 209 g/mol. The number of hydrogen-bond acceptors (Lipinski definition) is 2. The average Bonchev–Trinajstić information content (AvgIpc) is 2.66. The minimum Gasteiger partial charge on any atom is -0.497 e. The van der Waals surface area contributed by atoms with E-state index in [2.05, 4.69) is 18.3 Å². The van der Waals surface area contributed by atoms with Crippen molar-refractivity contribution in [2.45, 2.75) is 45.1 Å². The van der Waals surface area contributed by atoms with Gasteiger partial charge in [0.2, 0.25) is 0 Å². The van der Waals surface area contributed by atoms with E-state index < -0.39 is 0 Å². The molecule has 0 aromatic rings. The van der Waals surface area contributed by atoms with Crippen molar-refractivity contribution < 1.29 is 4.74 Å². The molecule has 1 fully saturated rings. The number of allylic oxidation sites excluding steroid dienone is 1. The van der Waals surface area contributed by atoms with E-state index in [0.29, 0.717) is 6.10 Å². The minimum atomic E-state index is 0.411. The molecule has 0 amide bonds. The second-order valence-corrected chi connectivity index (χ2v) is 5.15. The predicted molar refractivity (Wildman–Crippen MR) is 62.6 cm³/mol. The fraction of sp³-hybridized carbons (Fsp3) is 0.846. The second kappa shape index (κ2) is 5.55. The van der Waals surface area contributed by atoms with Crippen LogP contribution in [-0.4, -0.2) is 19.2 Å². The van der Waals surface area contributed by atoms with Gasteiger partial charge in [-0.3, -0.25) is 0 Å². The van der Waals surface area contributed by atoms with Crippen LogP contribution in [0.5, 0.6) is 0 Å². The van der Waals surface area contributed by atoms with Crippen molar-refractivity contribution in [3.63, 3.8) is 0 Å². The largest absolute Gasteiger partial charge is 0.497 e. The summed E-state index contributed by atoms with van der Waals surface area (Å²) in [6, 6.07) is 0. The van der Waals surface area contributed by atoms with Crippen molar-refractivity contribution in [1.82, 2.24) is 5.32 Å². The Hall–Kier alpha value is -0.500. The second-order valence-electron chi connectivity index (χ2n) is 5.15. The highest BCUT2D eigenvalue weighted by atomic mass is 16.5. The van der Waals surface area contributed by atoms with Crippen molar-refractivity contribution in [3.05, 3.63) is 12.3 Å². The van der Waals surface area contributed by atoms with Crippen LogP contribution in [0, 0.1) is 11.8 Å². The summed E-state index contributed by atoms with van der Waals surface area (Å²) in [5, 5.41) is 3.56. The van der Waals surface area contributed by atoms with Crippen LogP contribution in [0.15, 0.2) is 12.3 Å². The SMILES string of the molecule is CC1CCC(CNCC2CCC=CO2)C1. The molecule has 1 saturated carbocycles. The summed E-state index contributed by atoms with van der Waals surface area (Å²) in [4.78, 5) is 0. The molecule has 86 valence electrons. The van der Waals surface area contributed by atoms with Gasteiger partial charge < -0.3 is 10.1 Å². The van der Waals surface area contributed by atoms with Gasteiger partial charge in [0.1, 0.15) is 6.10 Å². The fourth-order valence-electron chi connectivity index (χ4n) is 2.69. The molecule has 0 radical (unpaired) electrons. The first-order valence-corrected chi connectivity index (χ1v) is 6.36. The van der Waals surface area contributed by atoms with E-state index in [0.717, 1.165) is 18.4 Å². The maximum Gasteiger partial charge on any atom is 0.110 e. The molecule has 1 heterocycles. The molecule has 1 aliphatic heterocycles. The van der Waals surface area contributed by atoms with E-state index in [4.69, 9.17) is 4.74 Å². The molecule has 0 saturated heterocycles. The van der Waals surface area contributed by atoms with Crippen LogP contribution in [0.2, 0.25) is 0 Å². The first-order chi connectivity index (χ1) is 7.34. The third-order valence-corrected chi connectivity index (χ3v) is 3.63. The van der Waals surface area contributed by atoms with E-state index in [9.17, 15) is 0 Å². The van der Waals surface area contributed by atoms with Crippen molar-refractivity contribution in [1.29, 1.82) is 0 Å². The summed E-state index contributed by atoms with van der Waals surface area (Å²) in [7, 11) is 0. The van der Waals surface area contributed by atoms with Gasteiger partial charge in [0, 0.05) is 6.54 Å². The lowest BCUT2D eigenvalue weighted by Crippen LogP contribution is -2.32. The van der Waals surface area contributed by atoms with Crippen molar-refractivity contribution in [2.75, 3.05) is 13.1 Å². The van der Waals surface area contributed by atoms with Gasteiger partial charge in [0.05, 0.1) is 6.26 Å². The Bertz CT molecular complexity index is 215. The molecular formula is C13H23NO. The Balaban J connectivity index is 1.56. The summed E-state index contributed by atoms with van der Waals surface area (Å²) < 4.78 is 5.52. The summed E-state index contributed by atoms with van der Waals surface area (Å²) in [5.74, 6) is 1.87. The third-order valence-electron chi connectivity index (χ3n) is 3.63.